The second-order valence-corrected chi connectivity index (χ2v) is 9.62. The first kappa shape index (κ1) is 24.1. The van der Waals surface area contributed by atoms with E-state index in [1.807, 2.05) is 75.4 Å². The zero-order valence-corrected chi connectivity index (χ0v) is 19.8. The molecule has 0 unspecified atom stereocenters. The lowest BCUT2D eigenvalue weighted by molar-refractivity contribution is -0.0368. The quantitative estimate of drug-likeness (QED) is 0.553. The molecule has 3 rings (SSSR count). The van der Waals surface area contributed by atoms with Crippen molar-refractivity contribution in [3.63, 3.8) is 0 Å². The van der Waals surface area contributed by atoms with Crippen LogP contribution in [0.1, 0.15) is 77.0 Å². The highest BCUT2D eigenvalue weighted by atomic mass is 16.6. The molecule has 32 heavy (non-hydrogen) atoms. The van der Waals surface area contributed by atoms with Gasteiger partial charge in [0.2, 0.25) is 0 Å². The van der Waals surface area contributed by atoms with Crippen molar-refractivity contribution in [1.29, 1.82) is 0 Å². The molecule has 0 aromatic heterocycles. The number of ether oxygens (including phenoxy) is 2. The summed E-state index contributed by atoms with van der Waals surface area (Å²) in [5.74, 6) is 0.704. The van der Waals surface area contributed by atoms with Crippen LogP contribution in [0.15, 0.2) is 54.6 Å². The lowest BCUT2D eigenvalue weighted by atomic mass is 9.88. The fourth-order valence-electron chi connectivity index (χ4n) is 4.39. The molecule has 0 bridgehead atoms. The standard InChI is InChI=1S/C27H37NO4/c1-5-11-22-15-10-17-24(28(22)26(30)32-27(2,3)4)25(29)21-14-9-16-23(18-21)31-19-20-12-7-6-8-13-20/h6-9,12-14,16,18,22,24-25,29H,5,10-11,15,17,19H2,1-4H3/t22-,24+,25-/m0/s1. The average molecular weight is 440 g/mol. The van der Waals surface area contributed by atoms with Gasteiger partial charge in [0.25, 0.3) is 0 Å². The third-order valence-electron chi connectivity index (χ3n) is 5.83. The maximum Gasteiger partial charge on any atom is 0.410 e. The molecule has 2 aromatic carbocycles. The Labute approximate surface area is 192 Å². The van der Waals surface area contributed by atoms with E-state index in [0.29, 0.717) is 12.4 Å². The predicted octanol–water partition coefficient (Wildman–Crippen LogP) is 6.26. The van der Waals surface area contributed by atoms with Gasteiger partial charge in [-0.3, -0.25) is 4.90 Å². The van der Waals surface area contributed by atoms with E-state index in [4.69, 9.17) is 9.47 Å². The topological polar surface area (TPSA) is 59.0 Å². The van der Waals surface area contributed by atoms with Gasteiger partial charge in [0.15, 0.2) is 0 Å². The van der Waals surface area contributed by atoms with E-state index in [0.717, 1.165) is 43.2 Å². The molecule has 3 atom stereocenters. The first-order chi connectivity index (χ1) is 15.3. The van der Waals surface area contributed by atoms with Gasteiger partial charge in [-0.2, -0.15) is 0 Å². The first-order valence-corrected chi connectivity index (χ1v) is 11.7. The summed E-state index contributed by atoms with van der Waals surface area (Å²) in [7, 11) is 0. The van der Waals surface area contributed by atoms with Crippen LogP contribution in [0.5, 0.6) is 5.75 Å². The van der Waals surface area contributed by atoms with Crippen LogP contribution in [-0.2, 0) is 11.3 Å². The zero-order chi connectivity index (χ0) is 23.1. The molecule has 2 aromatic rings. The van der Waals surface area contributed by atoms with Crippen LogP contribution >= 0.6 is 0 Å². The summed E-state index contributed by atoms with van der Waals surface area (Å²) >= 11 is 0. The highest BCUT2D eigenvalue weighted by molar-refractivity contribution is 5.69. The number of carbonyl (C=O) groups excluding carboxylic acids is 1. The van der Waals surface area contributed by atoms with Gasteiger partial charge in [0.1, 0.15) is 18.0 Å². The third kappa shape index (κ3) is 6.49. The normalized spacial score (nSPS) is 20.0. The largest absolute Gasteiger partial charge is 0.489 e. The number of amides is 1. The van der Waals surface area contributed by atoms with Gasteiger partial charge in [-0.25, -0.2) is 4.79 Å². The van der Waals surface area contributed by atoms with Crippen LogP contribution in [0, 0.1) is 0 Å². The van der Waals surface area contributed by atoms with E-state index < -0.39 is 11.7 Å². The van der Waals surface area contributed by atoms with Gasteiger partial charge in [0, 0.05) is 6.04 Å². The van der Waals surface area contributed by atoms with Crippen LogP contribution < -0.4 is 4.74 Å². The molecule has 1 aliphatic heterocycles. The molecule has 1 aliphatic rings. The monoisotopic (exact) mass is 439 g/mol. The molecule has 0 radical (unpaired) electrons. The molecular weight excluding hydrogens is 402 g/mol. The van der Waals surface area contributed by atoms with Crippen molar-refractivity contribution in [2.75, 3.05) is 0 Å². The van der Waals surface area contributed by atoms with Crippen molar-refractivity contribution >= 4 is 6.09 Å². The van der Waals surface area contributed by atoms with Crippen molar-refractivity contribution < 1.29 is 19.4 Å². The number of rotatable bonds is 7. The Kier molecular flexibility index (Phi) is 8.19. The molecule has 1 heterocycles. The number of nitrogens with zero attached hydrogens (tertiary/aromatic N) is 1. The molecule has 174 valence electrons. The lowest BCUT2D eigenvalue weighted by Crippen LogP contribution is -2.53. The molecule has 1 N–H and O–H groups in total. The second kappa shape index (κ2) is 10.9. The van der Waals surface area contributed by atoms with E-state index >= 15 is 0 Å². The summed E-state index contributed by atoms with van der Waals surface area (Å²) in [6, 6.07) is 17.3. The summed E-state index contributed by atoms with van der Waals surface area (Å²) in [5.41, 5.74) is 1.27. The number of hydrogen-bond acceptors (Lipinski definition) is 4. The van der Waals surface area contributed by atoms with Crippen LogP contribution in [0.25, 0.3) is 0 Å². The molecule has 0 aliphatic carbocycles. The van der Waals surface area contributed by atoms with Gasteiger partial charge in [-0.15, -0.1) is 0 Å². The number of aliphatic hydroxyl groups excluding tert-OH is 1. The van der Waals surface area contributed by atoms with Crippen LogP contribution in [0.2, 0.25) is 0 Å². The minimum absolute atomic E-state index is 0.0840. The summed E-state index contributed by atoms with van der Waals surface area (Å²) < 4.78 is 11.7. The Balaban J connectivity index is 1.78. The Morgan fingerprint density at radius 3 is 2.56 bits per heavy atom. The van der Waals surface area contributed by atoms with E-state index in [2.05, 4.69) is 6.92 Å². The zero-order valence-electron chi connectivity index (χ0n) is 19.8. The molecule has 5 heteroatoms. The third-order valence-corrected chi connectivity index (χ3v) is 5.83. The smallest absolute Gasteiger partial charge is 0.410 e. The van der Waals surface area contributed by atoms with Crippen molar-refractivity contribution in [3.05, 3.63) is 65.7 Å². The summed E-state index contributed by atoms with van der Waals surface area (Å²) in [4.78, 5) is 14.9. The fraction of sp³-hybridized carbons (Fsp3) is 0.519. The van der Waals surface area contributed by atoms with Crippen LogP contribution in [-0.4, -0.2) is 33.8 Å². The fourth-order valence-corrected chi connectivity index (χ4v) is 4.39. The molecule has 1 saturated heterocycles. The summed E-state index contributed by atoms with van der Waals surface area (Å²) in [6.45, 7) is 8.22. The van der Waals surface area contributed by atoms with Crippen molar-refractivity contribution in [1.82, 2.24) is 4.90 Å². The second-order valence-electron chi connectivity index (χ2n) is 9.62. The van der Waals surface area contributed by atoms with Crippen molar-refractivity contribution in [2.45, 2.75) is 90.2 Å². The minimum atomic E-state index is -0.803. The molecule has 1 fully saturated rings. The summed E-state index contributed by atoms with van der Waals surface area (Å²) in [6.07, 6.45) is 3.42. The Bertz CT molecular complexity index is 859. The lowest BCUT2D eigenvalue weighted by Gasteiger charge is -2.44. The Morgan fingerprint density at radius 2 is 1.88 bits per heavy atom. The van der Waals surface area contributed by atoms with Crippen LogP contribution in [0.3, 0.4) is 0 Å². The van der Waals surface area contributed by atoms with Gasteiger partial charge in [-0.05, 0) is 69.7 Å². The van der Waals surface area contributed by atoms with E-state index in [-0.39, 0.29) is 18.2 Å². The van der Waals surface area contributed by atoms with E-state index in [1.54, 1.807) is 4.90 Å². The minimum Gasteiger partial charge on any atom is -0.489 e. The number of piperidine rings is 1. The highest BCUT2D eigenvalue weighted by Crippen LogP contribution is 2.35. The van der Waals surface area contributed by atoms with Gasteiger partial charge < -0.3 is 14.6 Å². The van der Waals surface area contributed by atoms with Gasteiger partial charge in [0.05, 0.1) is 12.1 Å². The number of carbonyl (C=O) groups is 1. The number of hydrogen-bond donors (Lipinski definition) is 1. The first-order valence-electron chi connectivity index (χ1n) is 11.7. The average Bonchev–Trinajstić information content (AvgIpc) is 2.77. The van der Waals surface area contributed by atoms with Gasteiger partial charge >= 0.3 is 6.09 Å². The maximum atomic E-state index is 13.1. The SMILES string of the molecule is CCC[C@H]1CCC[C@H]([C@@H](O)c2cccc(OCc3ccccc3)c2)N1C(=O)OC(C)(C)C. The molecular formula is C27H37NO4. The number of likely N-dealkylation sites (tertiary alicyclic amines) is 1. The van der Waals surface area contributed by atoms with E-state index in [9.17, 15) is 9.90 Å². The molecule has 1 amide bonds. The highest BCUT2D eigenvalue weighted by Gasteiger charge is 2.40. The molecule has 0 spiro atoms. The van der Waals surface area contributed by atoms with E-state index in [1.165, 1.54) is 0 Å². The van der Waals surface area contributed by atoms with Crippen molar-refractivity contribution in [2.24, 2.45) is 0 Å². The predicted molar refractivity (Wildman–Crippen MR) is 127 cm³/mol. The Morgan fingerprint density at radius 1 is 1.12 bits per heavy atom. The Hall–Kier alpha value is -2.53. The van der Waals surface area contributed by atoms with Gasteiger partial charge in [-0.1, -0.05) is 55.8 Å². The number of benzene rings is 2. The summed E-state index contributed by atoms with van der Waals surface area (Å²) in [5, 5.41) is 11.4. The number of aliphatic hydroxyl groups is 1. The maximum absolute atomic E-state index is 13.1. The molecule has 5 nitrogen and oxygen atoms in total. The van der Waals surface area contributed by atoms with Crippen molar-refractivity contribution in [3.8, 4) is 5.75 Å². The molecule has 0 saturated carbocycles. The van der Waals surface area contributed by atoms with Crippen LogP contribution in [0.4, 0.5) is 4.79 Å².